The van der Waals surface area contributed by atoms with Crippen LogP contribution in [-0.4, -0.2) is 15.0 Å². The van der Waals surface area contributed by atoms with Gasteiger partial charge in [0.2, 0.25) is 10.0 Å². The Hall–Kier alpha value is -0.370. The van der Waals surface area contributed by atoms with Gasteiger partial charge in [0.25, 0.3) is 0 Å². The first kappa shape index (κ1) is 14.7. The van der Waals surface area contributed by atoms with Crippen molar-refractivity contribution in [2.75, 3.05) is 6.61 Å². The highest BCUT2D eigenvalue weighted by Gasteiger charge is 2.14. The summed E-state index contributed by atoms with van der Waals surface area (Å²) in [6.07, 6.45) is 2.44. The minimum Gasteiger partial charge on any atom is -0.491 e. The molecule has 1 rings (SSSR count). The van der Waals surface area contributed by atoms with Crippen LogP contribution in [0, 0.1) is 0 Å². The molecule has 0 aliphatic rings. The number of rotatable bonds is 5. The molecule has 0 radical (unpaired) electrons. The predicted octanol–water partition coefficient (Wildman–Crippen LogP) is 2.81. The summed E-state index contributed by atoms with van der Waals surface area (Å²) < 4.78 is 28.9. The molecule has 0 bridgehead atoms. The number of sulfonamides is 1. The largest absolute Gasteiger partial charge is 0.491 e. The summed E-state index contributed by atoms with van der Waals surface area (Å²) in [6, 6.07) is 2.81. The van der Waals surface area contributed by atoms with Gasteiger partial charge >= 0.3 is 0 Å². The molecule has 0 atom stereocenters. The number of primary sulfonamides is 1. The molecule has 94 valence electrons. The van der Waals surface area contributed by atoms with Crippen molar-refractivity contribution in [3.05, 3.63) is 33.7 Å². The molecule has 0 aliphatic carbocycles. The quantitative estimate of drug-likeness (QED) is 0.626. The van der Waals surface area contributed by atoms with E-state index < -0.39 is 10.0 Å². The van der Waals surface area contributed by atoms with Crippen LogP contribution in [0.5, 0.6) is 5.75 Å². The third-order valence-electron chi connectivity index (χ3n) is 1.87. The van der Waals surface area contributed by atoms with Crippen molar-refractivity contribution < 1.29 is 13.2 Å². The second-order valence-electron chi connectivity index (χ2n) is 3.19. The summed E-state index contributed by atoms with van der Waals surface area (Å²) >= 11 is 6.48. The van der Waals surface area contributed by atoms with Gasteiger partial charge in [-0.15, -0.1) is 6.58 Å². The molecule has 7 heteroatoms. The van der Waals surface area contributed by atoms with Crippen LogP contribution in [0.15, 0.2) is 38.6 Å². The highest BCUT2D eigenvalue weighted by molar-refractivity contribution is 9.11. The van der Waals surface area contributed by atoms with E-state index in [1.54, 1.807) is 6.08 Å². The van der Waals surface area contributed by atoms with Crippen LogP contribution < -0.4 is 9.88 Å². The number of halogens is 2. The molecule has 1 aromatic carbocycles. The first-order valence-electron chi connectivity index (χ1n) is 4.62. The summed E-state index contributed by atoms with van der Waals surface area (Å²) in [5.74, 6) is 0.541. The molecule has 0 unspecified atom stereocenters. The Bertz CT molecular complexity index is 505. The molecule has 0 saturated heterocycles. The lowest BCUT2D eigenvalue weighted by Gasteiger charge is -2.10. The average Bonchev–Trinajstić information content (AvgIpc) is 2.20. The number of nitrogens with two attached hydrogens (primary N) is 1. The van der Waals surface area contributed by atoms with Crippen molar-refractivity contribution in [1.29, 1.82) is 0 Å². The van der Waals surface area contributed by atoms with E-state index in [9.17, 15) is 8.42 Å². The Morgan fingerprint density at radius 2 is 1.88 bits per heavy atom. The van der Waals surface area contributed by atoms with Gasteiger partial charge < -0.3 is 4.74 Å². The van der Waals surface area contributed by atoms with Crippen LogP contribution >= 0.6 is 31.9 Å². The smallest absolute Gasteiger partial charge is 0.238 e. The number of benzene rings is 1. The highest BCUT2D eigenvalue weighted by atomic mass is 79.9. The second kappa shape index (κ2) is 5.99. The van der Waals surface area contributed by atoms with Gasteiger partial charge in [-0.05, 0) is 50.4 Å². The maximum Gasteiger partial charge on any atom is 0.238 e. The third-order valence-corrected chi connectivity index (χ3v) is 3.94. The van der Waals surface area contributed by atoms with Gasteiger partial charge in [-0.3, -0.25) is 0 Å². The molecule has 2 N–H and O–H groups in total. The van der Waals surface area contributed by atoms with Crippen LogP contribution in [-0.2, 0) is 10.0 Å². The lowest BCUT2D eigenvalue weighted by atomic mass is 10.3. The molecule has 0 amide bonds. The van der Waals surface area contributed by atoms with Crippen LogP contribution in [0.3, 0.4) is 0 Å². The maximum atomic E-state index is 11.2. The number of hydrogen-bond donors (Lipinski definition) is 1. The number of hydrogen-bond acceptors (Lipinski definition) is 3. The zero-order valence-corrected chi connectivity index (χ0v) is 12.8. The van der Waals surface area contributed by atoms with Crippen molar-refractivity contribution in [3.63, 3.8) is 0 Å². The monoisotopic (exact) mass is 383 g/mol. The fraction of sp³-hybridized carbons (Fsp3) is 0.200. The summed E-state index contributed by atoms with van der Waals surface area (Å²) in [5, 5.41) is 5.04. The fourth-order valence-corrected chi connectivity index (χ4v) is 3.37. The van der Waals surface area contributed by atoms with E-state index in [1.807, 2.05) is 0 Å². The molecule has 1 aromatic rings. The Kier molecular flexibility index (Phi) is 5.18. The average molecular weight is 385 g/mol. The van der Waals surface area contributed by atoms with E-state index in [0.29, 0.717) is 27.7 Å². The van der Waals surface area contributed by atoms with E-state index in [1.165, 1.54) is 12.1 Å². The molecule has 4 nitrogen and oxygen atoms in total. The zero-order valence-electron chi connectivity index (χ0n) is 8.82. The van der Waals surface area contributed by atoms with Crippen molar-refractivity contribution in [2.45, 2.75) is 11.3 Å². The Morgan fingerprint density at radius 1 is 1.35 bits per heavy atom. The lowest BCUT2D eigenvalue weighted by molar-refractivity contribution is 0.320. The zero-order chi connectivity index (χ0) is 13.1. The Morgan fingerprint density at radius 3 is 2.29 bits per heavy atom. The van der Waals surface area contributed by atoms with E-state index >= 15 is 0 Å². The molecule has 0 spiro atoms. The Balaban J connectivity index is 3.07. The van der Waals surface area contributed by atoms with Gasteiger partial charge in [0.15, 0.2) is 0 Å². The van der Waals surface area contributed by atoms with Crippen molar-refractivity contribution in [2.24, 2.45) is 5.14 Å². The molecular weight excluding hydrogens is 374 g/mol. The van der Waals surface area contributed by atoms with E-state index in [4.69, 9.17) is 9.88 Å². The predicted molar refractivity (Wildman–Crippen MR) is 73.5 cm³/mol. The molecule has 0 heterocycles. The SMILES string of the molecule is C=CCCOc1c(Br)cc(S(N)(=O)=O)cc1Br. The highest BCUT2D eigenvalue weighted by Crippen LogP contribution is 2.35. The Labute approximate surface area is 117 Å². The molecular formula is C10H11Br2NO3S. The van der Waals surface area contributed by atoms with E-state index in [0.717, 1.165) is 0 Å². The van der Waals surface area contributed by atoms with Crippen molar-refractivity contribution in [1.82, 2.24) is 0 Å². The molecule has 0 aromatic heterocycles. The normalized spacial score (nSPS) is 11.2. The first-order chi connectivity index (χ1) is 7.86. The van der Waals surface area contributed by atoms with Gasteiger partial charge in [0.05, 0.1) is 20.4 Å². The lowest BCUT2D eigenvalue weighted by Crippen LogP contribution is -2.12. The molecule has 0 saturated carbocycles. The minimum atomic E-state index is -3.72. The fourth-order valence-electron chi connectivity index (χ4n) is 1.08. The van der Waals surface area contributed by atoms with Gasteiger partial charge in [-0.2, -0.15) is 0 Å². The number of ether oxygens (including phenoxy) is 1. The van der Waals surface area contributed by atoms with Gasteiger partial charge in [0, 0.05) is 0 Å². The van der Waals surface area contributed by atoms with Gasteiger partial charge in [-0.1, -0.05) is 6.08 Å². The second-order valence-corrected chi connectivity index (χ2v) is 6.46. The molecule has 17 heavy (non-hydrogen) atoms. The van der Waals surface area contributed by atoms with Crippen LogP contribution in [0.2, 0.25) is 0 Å². The molecule has 0 aliphatic heterocycles. The van der Waals surface area contributed by atoms with Crippen molar-refractivity contribution >= 4 is 41.9 Å². The minimum absolute atomic E-state index is 0.0207. The summed E-state index contributed by atoms with van der Waals surface area (Å²) in [6.45, 7) is 4.05. The molecule has 0 fully saturated rings. The van der Waals surface area contributed by atoms with Gasteiger partial charge in [-0.25, -0.2) is 13.6 Å². The van der Waals surface area contributed by atoms with E-state index in [2.05, 4.69) is 38.4 Å². The summed E-state index contributed by atoms with van der Waals surface area (Å²) in [7, 11) is -3.72. The van der Waals surface area contributed by atoms with Crippen LogP contribution in [0.1, 0.15) is 6.42 Å². The van der Waals surface area contributed by atoms with Crippen LogP contribution in [0.25, 0.3) is 0 Å². The summed E-state index contributed by atoms with van der Waals surface area (Å²) in [5.41, 5.74) is 0. The van der Waals surface area contributed by atoms with Crippen LogP contribution in [0.4, 0.5) is 0 Å². The van der Waals surface area contributed by atoms with Crippen molar-refractivity contribution in [3.8, 4) is 5.75 Å². The van der Waals surface area contributed by atoms with Gasteiger partial charge in [0.1, 0.15) is 5.75 Å². The third kappa shape index (κ3) is 4.09. The summed E-state index contributed by atoms with van der Waals surface area (Å²) in [4.78, 5) is 0.0207. The maximum absolute atomic E-state index is 11.2. The standard InChI is InChI=1S/C10H11Br2NO3S/c1-2-3-4-16-10-8(11)5-7(6-9(10)12)17(13,14)15/h2,5-6H,1,3-4H2,(H2,13,14,15). The first-order valence-corrected chi connectivity index (χ1v) is 7.75. The topological polar surface area (TPSA) is 69.4 Å². The van der Waals surface area contributed by atoms with E-state index in [-0.39, 0.29) is 4.90 Å².